The van der Waals surface area contributed by atoms with Crippen LogP contribution >= 0.6 is 11.6 Å². The molecule has 1 heterocycles. The molecule has 0 unspecified atom stereocenters. The van der Waals surface area contributed by atoms with Gasteiger partial charge in [-0.3, -0.25) is 14.5 Å². The van der Waals surface area contributed by atoms with E-state index in [1.807, 2.05) is 47.4 Å². The van der Waals surface area contributed by atoms with Gasteiger partial charge >= 0.3 is 0 Å². The third kappa shape index (κ3) is 4.58. The third-order valence-electron chi connectivity index (χ3n) is 5.18. The molecule has 1 saturated heterocycles. The smallest absolute Gasteiger partial charge is 0.253 e. The molecule has 3 aromatic rings. The second kappa shape index (κ2) is 8.64. The van der Waals surface area contributed by atoms with Crippen LogP contribution in [0.3, 0.4) is 0 Å². The first kappa shape index (κ1) is 19.4. The highest BCUT2D eigenvalue weighted by atomic mass is 35.5. The summed E-state index contributed by atoms with van der Waals surface area (Å²) in [6.45, 7) is 2.85. The van der Waals surface area contributed by atoms with Crippen molar-refractivity contribution in [3.8, 4) is 0 Å². The van der Waals surface area contributed by atoms with Crippen LogP contribution in [-0.4, -0.2) is 54.3 Å². The van der Waals surface area contributed by atoms with Crippen LogP contribution in [0.25, 0.3) is 10.8 Å². The van der Waals surface area contributed by atoms with Gasteiger partial charge in [0, 0.05) is 47.8 Å². The Balaban J connectivity index is 1.32. The zero-order valence-corrected chi connectivity index (χ0v) is 16.7. The van der Waals surface area contributed by atoms with Crippen molar-refractivity contribution < 1.29 is 9.59 Å². The zero-order chi connectivity index (χ0) is 20.2. The van der Waals surface area contributed by atoms with Crippen LogP contribution in [0.1, 0.15) is 10.4 Å². The number of amides is 2. The topological polar surface area (TPSA) is 52.7 Å². The monoisotopic (exact) mass is 407 g/mol. The zero-order valence-electron chi connectivity index (χ0n) is 16.0. The van der Waals surface area contributed by atoms with Gasteiger partial charge in [-0.25, -0.2) is 0 Å². The van der Waals surface area contributed by atoms with Gasteiger partial charge in [0.15, 0.2) is 0 Å². The number of nitrogens with one attached hydrogen (secondary N) is 1. The first-order valence-electron chi connectivity index (χ1n) is 9.65. The number of benzene rings is 3. The van der Waals surface area contributed by atoms with Crippen molar-refractivity contribution in [1.82, 2.24) is 9.80 Å². The van der Waals surface area contributed by atoms with Crippen LogP contribution in [0.5, 0.6) is 0 Å². The van der Waals surface area contributed by atoms with E-state index in [1.165, 1.54) is 0 Å². The van der Waals surface area contributed by atoms with Crippen molar-refractivity contribution in [3.05, 3.63) is 77.3 Å². The van der Waals surface area contributed by atoms with Gasteiger partial charge in [-0.05, 0) is 35.7 Å². The van der Waals surface area contributed by atoms with E-state index in [0.29, 0.717) is 43.3 Å². The maximum Gasteiger partial charge on any atom is 0.253 e. The molecule has 4 rings (SSSR count). The number of fused-ring (bicyclic) bond motifs is 1. The van der Waals surface area contributed by atoms with Gasteiger partial charge in [-0.1, -0.05) is 48.0 Å². The van der Waals surface area contributed by atoms with Gasteiger partial charge in [-0.2, -0.15) is 0 Å². The Bertz CT molecular complexity index is 1020. The van der Waals surface area contributed by atoms with Crippen LogP contribution in [0, 0.1) is 0 Å². The Morgan fingerprint density at radius 1 is 0.862 bits per heavy atom. The molecule has 1 aliphatic rings. The predicted molar refractivity (Wildman–Crippen MR) is 116 cm³/mol. The minimum absolute atomic E-state index is 0.00141. The highest BCUT2D eigenvalue weighted by Crippen LogP contribution is 2.23. The number of hydrogen-bond acceptors (Lipinski definition) is 3. The van der Waals surface area contributed by atoms with E-state index in [9.17, 15) is 9.59 Å². The van der Waals surface area contributed by atoms with Crippen LogP contribution in [0.15, 0.2) is 66.7 Å². The summed E-state index contributed by atoms with van der Waals surface area (Å²) in [6, 6.07) is 20.8. The summed E-state index contributed by atoms with van der Waals surface area (Å²) in [5, 5.41) is 5.76. The van der Waals surface area contributed by atoms with Crippen LogP contribution < -0.4 is 5.32 Å². The lowest BCUT2D eigenvalue weighted by Gasteiger charge is -2.34. The van der Waals surface area contributed by atoms with Crippen molar-refractivity contribution in [2.24, 2.45) is 0 Å². The van der Waals surface area contributed by atoms with Crippen LogP contribution in [0.4, 0.5) is 5.69 Å². The predicted octanol–water partition coefficient (Wildman–Crippen LogP) is 3.89. The van der Waals surface area contributed by atoms with Crippen molar-refractivity contribution in [3.63, 3.8) is 0 Å². The number of piperazine rings is 1. The second-order valence-electron chi connectivity index (χ2n) is 7.15. The minimum Gasteiger partial charge on any atom is -0.336 e. The lowest BCUT2D eigenvalue weighted by Crippen LogP contribution is -2.50. The molecule has 0 spiro atoms. The Labute approximate surface area is 174 Å². The Morgan fingerprint density at radius 3 is 2.31 bits per heavy atom. The molecule has 1 aliphatic heterocycles. The first-order valence-corrected chi connectivity index (χ1v) is 10.0. The van der Waals surface area contributed by atoms with E-state index in [0.717, 1.165) is 16.5 Å². The summed E-state index contributed by atoms with van der Waals surface area (Å²) < 4.78 is 0. The molecule has 2 amide bonds. The molecular weight excluding hydrogens is 386 g/mol. The first-order chi connectivity index (χ1) is 14.1. The van der Waals surface area contributed by atoms with Gasteiger partial charge in [0.25, 0.3) is 5.91 Å². The van der Waals surface area contributed by atoms with Crippen molar-refractivity contribution >= 4 is 39.9 Å². The fraction of sp³-hybridized carbons (Fsp3) is 0.217. The normalized spacial score (nSPS) is 14.7. The SMILES string of the molecule is O=C(CN1CCN(C(=O)c2ccc(Cl)cc2)CC1)Nc1cccc2ccccc12. The highest BCUT2D eigenvalue weighted by Gasteiger charge is 2.23. The van der Waals surface area contributed by atoms with E-state index in [1.54, 1.807) is 24.3 Å². The Morgan fingerprint density at radius 2 is 1.55 bits per heavy atom. The fourth-order valence-electron chi connectivity index (χ4n) is 3.61. The molecule has 0 radical (unpaired) electrons. The van der Waals surface area contributed by atoms with Gasteiger partial charge in [-0.15, -0.1) is 0 Å². The van der Waals surface area contributed by atoms with Crippen molar-refractivity contribution in [2.45, 2.75) is 0 Å². The molecule has 148 valence electrons. The third-order valence-corrected chi connectivity index (χ3v) is 5.43. The summed E-state index contributed by atoms with van der Waals surface area (Å²) in [7, 11) is 0. The number of halogens is 1. The molecule has 0 bridgehead atoms. The van der Waals surface area contributed by atoms with E-state index < -0.39 is 0 Å². The molecule has 3 aromatic carbocycles. The quantitative estimate of drug-likeness (QED) is 0.713. The molecule has 29 heavy (non-hydrogen) atoms. The summed E-state index contributed by atoms with van der Waals surface area (Å²) in [5.41, 5.74) is 1.46. The van der Waals surface area contributed by atoms with Gasteiger partial charge in [0.05, 0.1) is 6.54 Å². The molecule has 5 nitrogen and oxygen atoms in total. The average molecular weight is 408 g/mol. The van der Waals surface area contributed by atoms with Gasteiger partial charge in [0.2, 0.25) is 5.91 Å². The number of carbonyl (C=O) groups excluding carboxylic acids is 2. The maximum atomic E-state index is 12.6. The number of anilines is 1. The summed E-state index contributed by atoms with van der Waals surface area (Å²) in [6.07, 6.45) is 0. The Kier molecular flexibility index (Phi) is 5.79. The molecule has 1 N–H and O–H groups in total. The van der Waals surface area contributed by atoms with E-state index >= 15 is 0 Å². The summed E-state index contributed by atoms with van der Waals surface area (Å²) in [5.74, 6) is -0.0413. The van der Waals surface area contributed by atoms with Crippen LogP contribution in [0.2, 0.25) is 5.02 Å². The molecular formula is C23H22ClN3O2. The van der Waals surface area contributed by atoms with Gasteiger partial charge < -0.3 is 10.2 Å². The van der Waals surface area contributed by atoms with Crippen molar-refractivity contribution in [1.29, 1.82) is 0 Å². The van der Waals surface area contributed by atoms with E-state index in [2.05, 4.69) is 10.2 Å². The maximum absolute atomic E-state index is 12.6. The van der Waals surface area contributed by atoms with Gasteiger partial charge in [0.1, 0.15) is 0 Å². The highest BCUT2D eigenvalue weighted by molar-refractivity contribution is 6.30. The number of hydrogen-bond donors (Lipinski definition) is 1. The molecule has 0 saturated carbocycles. The second-order valence-corrected chi connectivity index (χ2v) is 7.59. The molecule has 0 atom stereocenters. The average Bonchev–Trinajstić information content (AvgIpc) is 2.74. The van der Waals surface area contributed by atoms with Crippen LogP contribution in [-0.2, 0) is 4.79 Å². The summed E-state index contributed by atoms with van der Waals surface area (Å²) in [4.78, 5) is 29.0. The standard InChI is InChI=1S/C23H22ClN3O2/c24-19-10-8-18(9-11-19)23(29)27-14-12-26(13-15-27)16-22(28)25-21-7-3-5-17-4-1-2-6-20(17)21/h1-11H,12-16H2,(H,25,28). The number of rotatable bonds is 4. The molecule has 0 aliphatic carbocycles. The Hall–Kier alpha value is -2.89. The fourth-order valence-corrected chi connectivity index (χ4v) is 3.74. The molecule has 6 heteroatoms. The molecule has 0 aromatic heterocycles. The number of nitrogens with zero attached hydrogens (tertiary/aromatic N) is 2. The molecule has 1 fully saturated rings. The summed E-state index contributed by atoms with van der Waals surface area (Å²) >= 11 is 5.89. The minimum atomic E-state index is -0.0427. The van der Waals surface area contributed by atoms with E-state index in [4.69, 9.17) is 11.6 Å². The number of carbonyl (C=O) groups is 2. The lowest BCUT2D eigenvalue weighted by atomic mass is 10.1. The lowest BCUT2D eigenvalue weighted by molar-refractivity contribution is -0.117. The van der Waals surface area contributed by atoms with Crippen molar-refractivity contribution in [2.75, 3.05) is 38.0 Å². The van der Waals surface area contributed by atoms with E-state index in [-0.39, 0.29) is 11.8 Å². The largest absolute Gasteiger partial charge is 0.336 e.